The molecule has 8 heteroatoms. The molecule has 2 amide bonds. The number of H-pyrrole nitrogens is 1. The maximum absolute atomic E-state index is 12.9. The predicted molar refractivity (Wildman–Crippen MR) is 119 cm³/mol. The number of nitrogens with two attached hydrogens (primary N) is 1. The Kier molecular flexibility index (Phi) is 5.87. The molecule has 0 aliphatic carbocycles. The van der Waals surface area contributed by atoms with Crippen LogP contribution in [0.15, 0.2) is 65.5 Å². The minimum atomic E-state index is -1.36. The number of benzene rings is 2. The van der Waals surface area contributed by atoms with Gasteiger partial charge in [0.15, 0.2) is 5.60 Å². The molecule has 1 fully saturated rings. The van der Waals surface area contributed by atoms with Gasteiger partial charge in [0.2, 0.25) is 0 Å². The first-order valence-electron chi connectivity index (χ1n) is 10.3. The molecule has 1 aliphatic rings. The van der Waals surface area contributed by atoms with E-state index in [-0.39, 0.29) is 31.8 Å². The number of nitrogens with one attached hydrogen (secondary N) is 1. The third kappa shape index (κ3) is 4.45. The quantitative estimate of drug-likeness (QED) is 0.636. The highest BCUT2D eigenvalue weighted by atomic mass is 16.5. The zero-order valence-electron chi connectivity index (χ0n) is 17.7. The maximum atomic E-state index is 12.9. The number of aromatic amines is 1. The Morgan fingerprint density at radius 3 is 2.59 bits per heavy atom. The standard InChI is InChI=1S/C24H24N4O4/c1-16-5-7-18(8-6-16)19-4-2-3-17(13-19)14-24(23(25)31)15-28(11-12-32-24)22(30)20-9-10-21(29)27-26-20/h2-10,13H,11-12,14-15H2,1H3,(H2,25,31)(H,27,29)/t24-/m0/s1. The van der Waals surface area contributed by atoms with Gasteiger partial charge in [0.1, 0.15) is 5.69 Å². The van der Waals surface area contributed by atoms with Gasteiger partial charge in [0.05, 0.1) is 13.2 Å². The van der Waals surface area contributed by atoms with Gasteiger partial charge in [-0.15, -0.1) is 0 Å². The van der Waals surface area contributed by atoms with Gasteiger partial charge >= 0.3 is 0 Å². The van der Waals surface area contributed by atoms with Gasteiger partial charge in [0, 0.05) is 19.0 Å². The number of primary amides is 1. The summed E-state index contributed by atoms with van der Waals surface area (Å²) in [5.74, 6) is -1.03. The average Bonchev–Trinajstić information content (AvgIpc) is 2.80. The third-order valence-corrected chi connectivity index (χ3v) is 5.62. The van der Waals surface area contributed by atoms with Gasteiger partial charge < -0.3 is 15.4 Å². The summed E-state index contributed by atoms with van der Waals surface area (Å²) in [5, 5.41) is 6.05. The van der Waals surface area contributed by atoms with E-state index in [2.05, 4.69) is 10.2 Å². The van der Waals surface area contributed by atoms with Crippen molar-refractivity contribution in [1.29, 1.82) is 0 Å². The zero-order valence-corrected chi connectivity index (χ0v) is 17.7. The van der Waals surface area contributed by atoms with E-state index in [9.17, 15) is 14.4 Å². The van der Waals surface area contributed by atoms with Crippen LogP contribution >= 0.6 is 0 Å². The topological polar surface area (TPSA) is 118 Å². The highest BCUT2D eigenvalue weighted by molar-refractivity contribution is 5.93. The summed E-state index contributed by atoms with van der Waals surface area (Å²) in [5.41, 5.74) is 8.23. The van der Waals surface area contributed by atoms with E-state index in [4.69, 9.17) is 10.5 Å². The lowest BCUT2D eigenvalue weighted by atomic mass is 9.90. The minimum Gasteiger partial charge on any atom is -0.367 e. The Labute approximate surface area is 185 Å². The Hall–Kier alpha value is -3.78. The molecule has 8 nitrogen and oxygen atoms in total. The van der Waals surface area contributed by atoms with Crippen LogP contribution in [0.4, 0.5) is 0 Å². The molecule has 1 atom stereocenters. The molecule has 2 heterocycles. The van der Waals surface area contributed by atoms with Crippen LogP contribution in [0.5, 0.6) is 0 Å². The van der Waals surface area contributed by atoms with Gasteiger partial charge in [-0.1, -0.05) is 54.1 Å². The summed E-state index contributed by atoms with van der Waals surface area (Å²) in [6.45, 7) is 2.48. The van der Waals surface area contributed by atoms with Crippen molar-refractivity contribution in [3.8, 4) is 11.1 Å². The molecule has 1 saturated heterocycles. The van der Waals surface area contributed by atoms with Crippen molar-refractivity contribution >= 4 is 11.8 Å². The van der Waals surface area contributed by atoms with Crippen LogP contribution in [-0.4, -0.2) is 52.2 Å². The average molecular weight is 432 g/mol. The fraction of sp³-hybridized carbons (Fsp3) is 0.250. The summed E-state index contributed by atoms with van der Waals surface area (Å²) in [4.78, 5) is 38.1. The molecule has 1 aromatic heterocycles. The first-order valence-corrected chi connectivity index (χ1v) is 10.3. The highest BCUT2D eigenvalue weighted by Crippen LogP contribution is 2.27. The molecule has 3 N–H and O–H groups in total. The van der Waals surface area contributed by atoms with Crippen LogP contribution in [-0.2, 0) is 16.0 Å². The Bertz CT molecular complexity index is 1180. The van der Waals surface area contributed by atoms with Crippen molar-refractivity contribution in [1.82, 2.24) is 15.1 Å². The smallest absolute Gasteiger partial charge is 0.274 e. The van der Waals surface area contributed by atoms with Gasteiger partial charge in [-0.3, -0.25) is 14.4 Å². The van der Waals surface area contributed by atoms with E-state index >= 15 is 0 Å². The predicted octanol–water partition coefficient (Wildman–Crippen LogP) is 1.68. The van der Waals surface area contributed by atoms with Crippen LogP contribution in [0.1, 0.15) is 21.6 Å². The van der Waals surface area contributed by atoms with Crippen molar-refractivity contribution in [3.05, 3.63) is 87.8 Å². The van der Waals surface area contributed by atoms with E-state index in [0.29, 0.717) is 0 Å². The third-order valence-electron chi connectivity index (χ3n) is 5.62. The molecule has 164 valence electrons. The van der Waals surface area contributed by atoms with Crippen molar-refractivity contribution in [3.63, 3.8) is 0 Å². The first kappa shape index (κ1) is 21.5. The molecule has 0 spiro atoms. The summed E-state index contributed by atoms with van der Waals surface area (Å²) in [7, 11) is 0. The van der Waals surface area contributed by atoms with Crippen molar-refractivity contribution in [2.24, 2.45) is 5.73 Å². The lowest BCUT2D eigenvalue weighted by molar-refractivity contribution is -0.153. The van der Waals surface area contributed by atoms with Crippen LogP contribution in [0.3, 0.4) is 0 Å². The Morgan fingerprint density at radius 2 is 1.91 bits per heavy atom. The number of nitrogens with zero attached hydrogens (tertiary/aromatic N) is 2. The number of carbonyl (C=O) groups excluding carboxylic acids is 2. The number of amides is 2. The second-order valence-corrected chi connectivity index (χ2v) is 7.98. The van der Waals surface area contributed by atoms with Gasteiger partial charge in [0.25, 0.3) is 17.4 Å². The molecule has 0 saturated carbocycles. The van der Waals surface area contributed by atoms with E-state index < -0.39 is 23.0 Å². The summed E-state index contributed by atoms with van der Waals surface area (Å²) in [6.07, 6.45) is 0.227. The molecule has 4 rings (SSSR count). The molecular weight excluding hydrogens is 408 g/mol. The number of aryl methyl sites for hydroxylation is 1. The molecule has 1 aliphatic heterocycles. The first-order chi connectivity index (χ1) is 15.4. The fourth-order valence-corrected chi connectivity index (χ4v) is 3.86. The summed E-state index contributed by atoms with van der Waals surface area (Å²) in [6, 6.07) is 18.6. The summed E-state index contributed by atoms with van der Waals surface area (Å²) >= 11 is 0. The van der Waals surface area contributed by atoms with E-state index in [1.54, 1.807) is 0 Å². The monoisotopic (exact) mass is 432 g/mol. The molecular formula is C24H24N4O4. The number of ether oxygens (including phenoxy) is 1. The number of morpholine rings is 1. The van der Waals surface area contributed by atoms with E-state index in [1.807, 2.05) is 55.5 Å². The number of rotatable bonds is 5. The second-order valence-electron chi connectivity index (χ2n) is 7.98. The van der Waals surface area contributed by atoms with Crippen LogP contribution in [0.25, 0.3) is 11.1 Å². The SMILES string of the molecule is Cc1ccc(-c2cccc(C[C@@]3(C(N)=O)CN(C(=O)c4ccc(=O)[nH]n4)CCO3)c2)cc1. The van der Waals surface area contributed by atoms with Crippen LogP contribution in [0, 0.1) is 6.92 Å². The zero-order chi connectivity index (χ0) is 22.7. The number of aromatic nitrogens is 2. The number of carbonyl (C=O) groups is 2. The van der Waals surface area contributed by atoms with Gasteiger partial charge in [-0.25, -0.2) is 5.10 Å². The lowest BCUT2D eigenvalue weighted by Crippen LogP contribution is -2.61. The molecule has 2 aromatic carbocycles. The number of hydrogen-bond acceptors (Lipinski definition) is 5. The van der Waals surface area contributed by atoms with Crippen LogP contribution in [0.2, 0.25) is 0 Å². The lowest BCUT2D eigenvalue weighted by Gasteiger charge is -2.40. The normalized spacial score (nSPS) is 18.3. The maximum Gasteiger partial charge on any atom is 0.274 e. The van der Waals surface area contributed by atoms with Gasteiger partial charge in [-0.2, -0.15) is 5.10 Å². The summed E-state index contributed by atoms with van der Waals surface area (Å²) < 4.78 is 5.88. The molecule has 3 aromatic rings. The van der Waals surface area contributed by atoms with E-state index in [1.165, 1.54) is 22.6 Å². The van der Waals surface area contributed by atoms with E-state index in [0.717, 1.165) is 16.7 Å². The Morgan fingerprint density at radius 1 is 1.12 bits per heavy atom. The van der Waals surface area contributed by atoms with Crippen LogP contribution < -0.4 is 11.3 Å². The number of hydrogen-bond donors (Lipinski definition) is 2. The molecule has 0 bridgehead atoms. The Balaban J connectivity index is 1.59. The second kappa shape index (κ2) is 8.76. The fourth-order valence-electron chi connectivity index (χ4n) is 3.86. The molecule has 0 unspecified atom stereocenters. The molecule has 0 radical (unpaired) electrons. The van der Waals surface area contributed by atoms with Crippen molar-refractivity contribution < 1.29 is 14.3 Å². The van der Waals surface area contributed by atoms with Crippen molar-refractivity contribution in [2.45, 2.75) is 18.9 Å². The molecule has 32 heavy (non-hydrogen) atoms. The minimum absolute atomic E-state index is 0.00324. The highest BCUT2D eigenvalue weighted by Gasteiger charge is 2.44. The van der Waals surface area contributed by atoms with Gasteiger partial charge in [-0.05, 0) is 29.7 Å². The largest absolute Gasteiger partial charge is 0.367 e. The van der Waals surface area contributed by atoms with Crippen molar-refractivity contribution in [2.75, 3.05) is 19.7 Å².